The maximum absolute atomic E-state index is 11.7. The van der Waals surface area contributed by atoms with Crippen molar-refractivity contribution in [1.29, 1.82) is 0 Å². The number of hydrogen-bond donors (Lipinski definition) is 3. The number of aromatic carboxylic acids is 1. The number of carbonyl (C=O) groups is 2. The summed E-state index contributed by atoms with van der Waals surface area (Å²) in [4.78, 5) is 26.5. The first-order valence-electron chi connectivity index (χ1n) is 5.63. The van der Waals surface area contributed by atoms with Crippen LogP contribution in [0.15, 0.2) is 29.3 Å². The lowest BCUT2D eigenvalue weighted by atomic mass is 10.1. The van der Waals surface area contributed by atoms with Crippen molar-refractivity contribution < 1.29 is 24.9 Å². The molecule has 1 aliphatic heterocycles. The summed E-state index contributed by atoms with van der Waals surface area (Å²) in [5, 5.41) is 31.8. The monoisotopic (exact) mass is 295 g/mol. The third-order valence-electron chi connectivity index (χ3n) is 2.75. The number of hydrogen-bond acceptors (Lipinski definition) is 7. The quantitative estimate of drug-likeness (QED) is 0.629. The minimum absolute atomic E-state index is 0.0308. The zero-order chi connectivity index (χ0) is 14.8. The zero-order valence-electron chi connectivity index (χ0n) is 10.2. The van der Waals surface area contributed by atoms with Crippen LogP contribution in [0.4, 0.5) is 5.69 Å². The molecule has 1 fully saturated rings. The molecule has 1 aromatic rings. The van der Waals surface area contributed by atoms with E-state index in [1.165, 1.54) is 18.2 Å². The van der Waals surface area contributed by atoms with E-state index in [0.29, 0.717) is 5.69 Å². The molecule has 2 rings (SSSR count). The summed E-state index contributed by atoms with van der Waals surface area (Å²) in [5.41, 5.74) is 0.290. The molecule has 106 valence electrons. The Morgan fingerprint density at radius 3 is 2.65 bits per heavy atom. The number of rotatable bonds is 4. The Balaban J connectivity index is 2.27. The van der Waals surface area contributed by atoms with E-state index >= 15 is 0 Å². The number of nitrogens with zero attached hydrogens (tertiary/aromatic N) is 1. The van der Waals surface area contributed by atoms with E-state index in [1.807, 2.05) is 0 Å². The summed E-state index contributed by atoms with van der Waals surface area (Å²) in [6.45, 7) is -1.06. The van der Waals surface area contributed by atoms with Gasteiger partial charge in [0, 0.05) is 0 Å². The fraction of sp³-hybridized carbons (Fsp3) is 0.250. The van der Waals surface area contributed by atoms with Crippen molar-refractivity contribution in [1.82, 2.24) is 5.32 Å². The van der Waals surface area contributed by atoms with Gasteiger partial charge in [-0.1, -0.05) is 23.9 Å². The summed E-state index contributed by atoms with van der Waals surface area (Å²) in [6, 6.07) is 5.72. The summed E-state index contributed by atoms with van der Waals surface area (Å²) in [7, 11) is 0. The Morgan fingerprint density at radius 2 is 2.10 bits per heavy atom. The summed E-state index contributed by atoms with van der Waals surface area (Å²) >= 11 is 0.902. The van der Waals surface area contributed by atoms with Crippen molar-refractivity contribution >= 4 is 34.5 Å². The van der Waals surface area contributed by atoms with Gasteiger partial charge in [-0.15, -0.1) is 0 Å². The third kappa shape index (κ3) is 2.67. The molecule has 1 aliphatic rings. The van der Waals surface area contributed by atoms with E-state index in [4.69, 9.17) is 0 Å². The Bertz CT molecular complexity index is 583. The van der Waals surface area contributed by atoms with Crippen molar-refractivity contribution in [3.8, 4) is 0 Å². The predicted molar refractivity (Wildman–Crippen MR) is 70.5 cm³/mol. The number of amides is 1. The second-order valence-corrected chi connectivity index (χ2v) is 5.49. The maximum Gasteiger partial charge on any atom is 0.247 e. The number of benzene rings is 1. The van der Waals surface area contributed by atoms with Gasteiger partial charge in [-0.3, -0.25) is 4.79 Å². The first-order chi connectivity index (χ1) is 9.50. The minimum atomic E-state index is -1.36. The largest absolute Gasteiger partial charge is 0.545 e. The van der Waals surface area contributed by atoms with Gasteiger partial charge in [-0.05, 0) is 17.7 Å². The molecular formula is C12H11N2O5S-. The molecular weight excluding hydrogens is 284 g/mol. The number of aliphatic imine (C=N–C) groups is 1. The van der Waals surface area contributed by atoms with Crippen LogP contribution in [0.25, 0.3) is 0 Å². The molecule has 7 nitrogen and oxygen atoms in total. The minimum Gasteiger partial charge on any atom is -0.545 e. The van der Waals surface area contributed by atoms with Crippen LogP contribution < -0.4 is 10.4 Å². The molecule has 0 radical (unpaired) electrons. The molecule has 1 saturated heterocycles. The highest BCUT2D eigenvalue weighted by atomic mass is 32.2. The van der Waals surface area contributed by atoms with E-state index in [0.717, 1.165) is 11.8 Å². The molecule has 0 aromatic heterocycles. The molecule has 0 saturated carbocycles. The normalized spacial score (nSPS) is 19.1. The molecule has 20 heavy (non-hydrogen) atoms. The predicted octanol–water partition coefficient (Wildman–Crippen LogP) is -1.38. The van der Waals surface area contributed by atoms with Gasteiger partial charge >= 0.3 is 0 Å². The van der Waals surface area contributed by atoms with Crippen LogP contribution in [0.2, 0.25) is 0 Å². The SMILES string of the molecule is O=C([O-])c1cccc(N=C2NC(=O)C(CO)(CO)S2)c1. The van der Waals surface area contributed by atoms with Crippen LogP contribution in [-0.2, 0) is 4.79 Å². The van der Waals surface area contributed by atoms with Gasteiger partial charge in [0.05, 0.1) is 24.9 Å². The summed E-state index contributed by atoms with van der Waals surface area (Å²) in [6.07, 6.45) is 0. The van der Waals surface area contributed by atoms with Crippen molar-refractivity contribution in [2.75, 3.05) is 13.2 Å². The second-order valence-electron chi connectivity index (χ2n) is 4.12. The number of aliphatic hydroxyl groups excluding tert-OH is 2. The molecule has 0 aliphatic carbocycles. The van der Waals surface area contributed by atoms with Crippen LogP contribution in [0.1, 0.15) is 10.4 Å². The Kier molecular flexibility index (Phi) is 4.07. The highest BCUT2D eigenvalue weighted by Gasteiger charge is 2.46. The molecule has 0 spiro atoms. The number of carboxylic acids is 1. The van der Waals surface area contributed by atoms with Crippen molar-refractivity contribution in [2.24, 2.45) is 4.99 Å². The average Bonchev–Trinajstić information content (AvgIpc) is 2.75. The zero-order valence-corrected chi connectivity index (χ0v) is 11.0. The van der Waals surface area contributed by atoms with E-state index < -0.39 is 29.8 Å². The number of nitrogens with one attached hydrogen (secondary N) is 1. The molecule has 0 unspecified atom stereocenters. The number of carboxylic acid groups (broad SMARTS) is 1. The summed E-state index contributed by atoms with van der Waals surface area (Å²) in [5.74, 6) is -1.86. The van der Waals surface area contributed by atoms with Gasteiger partial charge in [-0.2, -0.15) is 0 Å². The topological polar surface area (TPSA) is 122 Å². The number of aliphatic hydroxyl groups is 2. The Hall–Kier alpha value is -1.90. The Morgan fingerprint density at radius 1 is 1.40 bits per heavy atom. The molecule has 3 N–H and O–H groups in total. The molecule has 0 atom stereocenters. The van der Waals surface area contributed by atoms with E-state index in [-0.39, 0.29) is 10.7 Å². The van der Waals surface area contributed by atoms with Crippen molar-refractivity contribution in [2.45, 2.75) is 4.75 Å². The van der Waals surface area contributed by atoms with Crippen LogP contribution in [0.3, 0.4) is 0 Å². The number of amidine groups is 1. The lowest BCUT2D eigenvalue weighted by molar-refractivity contribution is -0.255. The number of carbonyl (C=O) groups excluding carboxylic acids is 2. The van der Waals surface area contributed by atoms with Crippen LogP contribution in [-0.4, -0.2) is 45.2 Å². The van der Waals surface area contributed by atoms with Gasteiger partial charge in [0.2, 0.25) is 5.91 Å². The fourth-order valence-corrected chi connectivity index (χ4v) is 2.53. The lowest BCUT2D eigenvalue weighted by Gasteiger charge is -2.17. The Labute approximate surface area is 118 Å². The van der Waals surface area contributed by atoms with Crippen LogP contribution in [0.5, 0.6) is 0 Å². The fourth-order valence-electron chi connectivity index (χ4n) is 1.60. The second kappa shape index (κ2) is 5.61. The standard InChI is InChI=1S/C12H12N2O5S/c15-5-12(6-16)10(19)14-11(20-12)13-8-3-1-2-7(4-8)9(17)18/h1-4,15-16H,5-6H2,(H,17,18)(H,13,14,19)/p-1. The molecule has 1 heterocycles. The lowest BCUT2D eigenvalue weighted by Crippen LogP contribution is -2.43. The highest BCUT2D eigenvalue weighted by Crippen LogP contribution is 2.32. The van der Waals surface area contributed by atoms with E-state index in [1.54, 1.807) is 6.07 Å². The molecule has 1 amide bonds. The van der Waals surface area contributed by atoms with Gasteiger partial charge in [0.1, 0.15) is 4.75 Å². The van der Waals surface area contributed by atoms with Gasteiger partial charge in [0.15, 0.2) is 5.17 Å². The van der Waals surface area contributed by atoms with E-state index in [2.05, 4.69) is 10.3 Å². The number of thioether (sulfide) groups is 1. The highest BCUT2D eigenvalue weighted by molar-refractivity contribution is 8.16. The first-order valence-corrected chi connectivity index (χ1v) is 6.45. The molecule has 1 aromatic carbocycles. The smallest absolute Gasteiger partial charge is 0.247 e. The van der Waals surface area contributed by atoms with E-state index in [9.17, 15) is 24.9 Å². The van der Waals surface area contributed by atoms with Crippen molar-refractivity contribution in [3.63, 3.8) is 0 Å². The maximum atomic E-state index is 11.7. The van der Waals surface area contributed by atoms with Crippen LogP contribution in [0, 0.1) is 0 Å². The first kappa shape index (κ1) is 14.5. The average molecular weight is 295 g/mol. The van der Waals surface area contributed by atoms with Crippen LogP contribution >= 0.6 is 11.8 Å². The van der Waals surface area contributed by atoms with Gasteiger partial charge < -0.3 is 25.4 Å². The van der Waals surface area contributed by atoms with Gasteiger partial charge in [0.25, 0.3) is 0 Å². The molecule has 8 heteroatoms. The molecule has 0 bridgehead atoms. The van der Waals surface area contributed by atoms with Gasteiger partial charge in [-0.25, -0.2) is 4.99 Å². The van der Waals surface area contributed by atoms with Crippen molar-refractivity contribution in [3.05, 3.63) is 29.8 Å². The third-order valence-corrected chi connectivity index (χ3v) is 3.97. The summed E-state index contributed by atoms with van der Waals surface area (Å²) < 4.78 is -1.36.